The summed E-state index contributed by atoms with van der Waals surface area (Å²) < 4.78 is 0. The number of hydrogen-bond donors (Lipinski definition) is 0. The van der Waals surface area contributed by atoms with Crippen molar-refractivity contribution >= 4 is 5.91 Å². The molecule has 1 aliphatic rings. The van der Waals surface area contributed by atoms with Crippen molar-refractivity contribution in [2.75, 3.05) is 13.1 Å². The summed E-state index contributed by atoms with van der Waals surface area (Å²) in [5.74, 6) is 1.10. The Bertz CT molecular complexity index is 504. The zero-order chi connectivity index (χ0) is 17.4. The maximum Gasteiger partial charge on any atom is 0.225 e. The lowest BCUT2D eigenvalue weighted by Gasteiger charge is -2.31. The van der Waals surface area contributed by atoms with Gasteiger partial charge < -0.3 is 4.90 Å². The summed E-state index contributed by atoms with van der Waals surface area (Å²) in [6.45, 7) is 8.46. The number of rotatable bonds is 8. The van der Waals surface area contributed by atoms with Crippen LogP contribution in [0.25, 0.3) is 0 Å². The predicted molar refractivity (Wildman–Crippen MR) is 102 cm³/mol. The SMILES string of the molecule is CCCc1ccccc1C(C)CN(CCC)C(=O)C1CCCCC1. The molecule has 1 aliphatic carbocycles. The lowest BCUT2D eigenvalue weighted by atomic mass is 9.87. The molecule has 1 atom stereocenters. The van der Waals surface area contributed by atoms with Crippen LogP contribution < -0.4 is 0 Å². The molecule has 1 saturated carbocycles. The van der Waals surface area contributed by atoms with E-state index in [1.807, 2.05) is 0 Å². The minimum atomic E-state index is 0.281. The van der Waals surface area contributed by atoms with E-state index in [9.17, 15) is 4.79 Å². The molecule has 0 heterocycles. The van der Waals surface area contributed by atoms with E-state index in [0.717, 1.165) is 38.8 Å². The van der Waals surface area contributed by atoms with Crippen molar-refractivity contribution in [1.82, 2.24) is 4.90 Å². The van der Waals surface area contributed by atoms with Gasteiger partial charge in [-0.15, -0.1) is 0 Å². The molecule has 0 aliphatic heterocycles. The second kappa shape index (κ2) is 9.86. The van der Waals surface area contributed by atoms with Crippen molar-refractivity contribution in [1.29, 1.82) is 0 Å². The standard InChI is InChI=1S/C22H35NO/c1-4-11-19-12-9-10-15-21(19)18(3)17-23(16-5-2)22(24)20-13-7-6-8-14-20/h9-10,12,15,18,20H,4-8,11,13-14,16-17H2,1-3H3. The topological polar surface area (TPSA) is 20.3 Å². The molecular weight excluding hydrogens is 294 g/mol. The third-order valence-electron chi connectivity index (χ3n) is 5.36. The Hall–Kier alpha value is -1.31. The number of benzene rings is 1. The Morgan fingerprint density at radius 2 is 1.83 bits per heavy atom. The van der Waals surface area contributed by atoms with Crippen LogP contribution >= 0.6 is 0 Å². The lowest BCUT2D eigenvalue weighted by Crippen LogP contribution is -2.39. The Morgan fingerprint density at radius 1 is 1.12 bits per heavy atom. The van der Waals surface area contributed by atoms with Crippen molar-refractivity contribution < 1.29 is 4.79 Å². The van der Waals surface area contributed by atoms with E-state index in [1.165, 1.54) is 36.8 Å². The minimum absolute atomic E-state index is 0.281. The maximum atomic E-state index is 13.0. The van der Waals surface area contributed by atoms with Crippen LogP contribution in [0.1, 0.15) is 82.8 Å². The van der Waals surface area contributed by atoms with E-state index in [2.05, 4.69) is 49.9 Å². The molecule has 1 amide bonds. The van der Waals surface area contributed by atoms with Gasteiger partial charge in [-0.3, -0.25) is 4.79 Å². The third-order valence-corrected chi connectivity index (χ3v) is 5.36. The maximum absolute atomic E-state index is 13.0. The summed E-state index contributed by atoms with van der Waals surface area (Å²) in [6, 6.07) is 8.78. The van der Waals surface area contributed by atoms with Gasteiger partial charge >= 0.3 is 0 Å². The van der Waals surface area contributed by atoms with Gasteiger partial charge in [-0.1, -0.05) is 70.7 Å². The summed E-state index contributed by atoms with van der Waals surface area (Å²) in [7, 11) is 0. The van der Waals surface area contributed by atoms with Crippen LogP contribution in [-0.2, 0) is 11.2 Å². The molecule has 0 N–H and O–H groups in total. The molecule has 0 spiro atoms. The van der Waals surface area contributed by atoms with Crippen LogP contribution in [0.2, 0.25) is 0 Å². The smallest absolute Gasteiger partial charge is 0.225 e. The summed E-state index contributed by atoms with van der Waals surface area (Å²) >= 11 is 0. The molecule has 1 aromatic rings. The van der Waals surface area contributed by atoms with Crippen molar-refractivity contribution in [3.05, 3.63) is 35.4 Å². The van der Waals surface area contributed by atoms with E-state index < -0.39 is 0 Å². The van der Waals surface area contributed by atoms with Gasteiger partial charge in [0.25, 0.3) is 0 Å². The molecule has 2 nitrogen and oxygen atoms in total. The Balaban J connectivity index is 2.07. The predicted octanol–water partition coefficient (Wildman–Crippen LogP) is 5.56. The van der Waals surface area contributed by atoms with Crippen molar-refractivity contribution in [2.24, 2.45) is 5.92 Å². The zero-order valence-corrected chi connectivity index (χ0v) is 15.9. The molecule has 1 fully saturated rings. The Morgan fingerprint density at radius 3 is 2.50 bits per heavy atom. The van der Waals surface area contributed by atoms with Gasteiger partial charge in [-0.2, -0.15) is 0 Å². The van der Waals surface area contributed by atoms with Gasteiger partial charge in [0.1, 0.15) is 0 Å². The van der Waals surface area contributed by atoms with Crippen molar-refractivity contribution in [2.45, 2.75) is 78.1 Å². The number of nitrogens with zero attached hydrogens (tertiary/aromatic N) is 1. The average molecular weight is 330 g/mol. The van der Waals surface area contributed by atoms with E-state index in [0.29, 0.717) is 11.8 Å². The number of aryl methyl sites for hydroxylation is 1. The number of carbonyl (C=O) groups is 1. The largest absolute Gasteiger partial charge is 0.342 e. The first-order chi connectivity index (χ1) is 11.7. The highest BCUT2D eigenvalue weighted by atomic mass is 16.2. The van der Waals surface area contributed by atoms with E-state index >= 15 is 0 Å². The van der Waals surface area contributed by atoms with Crippen LogP contribution in [-0.4, -0.2) is 23.9 Å². The summed E-state index contributed by atoms with van der Waals surface area (Å²) in [5, 5.41) is 0. The minimum Gasteiger partial charge on any atom is -0.342 e. The van der Waals surface area contributed by atoms with E-state index in [4.69, 9.17) is 0 Å². The highest BCUT2D eigenvalue weighted by Gasteiger charge is 2.27. The van der Waals surface area contributed by atoms with Crippen molar-refractivity contribution in [3.63, 3.8) is 0 Å². The molecule has 1 unspecified atom stereocenters. The third kappa shape index (κ3) is 5.09. The first-order valence-corrected chi connectivity index (χ1v) is 10.0. The Kier molecular flexibility index (Phi) is 7.81. The van der Waals surface area contributed by atoms with Crippen molar-refractivity contribution in [3.8, 4) is 0 Å². The average Bonchev–Trinajstić information content (AvgIpc) is 2.62. The fourth-order valence-corrected chi connectivity index (χ4v) is 4.11. The second-order valence-corrected chi connectivity index (χ2v) is 7.47. The fraction of sp³-hybridized carbons (Fsp3) is 0.682. The molecule has 0 aromatic heterocycles. The zero-order valence-electron chi connectivity index (χ0n) is 15.9. The van der Waals surface area contributed by atoms with E-state index in [-0.39, 0.29) is 5.92 Å². The summed E-state index contributed by atoms with van der Waals surface area (Å²) in [5.41, 5.74) is 2.88. The first-order valence-electron chi connectivity index (χ1n) is 10.0. The molecule has 2 heteroatoms. The van der Waals surface area contributed by atoms with Crippen LogP contribution in [0.5, 0.6) is 0 Å². The molecule has 0 bridgehead atoms. The monoisotopic (exact) mass is 329 g/mol. The summed E-state index contributed by atoms with van der Waals surface area (Å²) in [6.07, 6.45) is 9.30. The second-order valence-electron chi connectivity index (χ2n) is 7.47. The van der Waals surface area contributed by atoms with Gasteiger partial charge in [-0.05, 0) is 42.7 Å². The van der Waals surface area contributed by atoms with Crippen LogP contribution in [0, 0.1) is 5.92 Å². The van der Waals surface area contributed by atoms with Crippen LogP contribution in [0.15, 0.2) is 24.3 Å². The number of carbonyl (C=O) groups excluding carboxylic acids is 1. The summed E-state index contributed by atoms with van der Waals surface area (Å²) in [4.78, 5) is 15.1. The first kappa shape index (κ1) is 19.0. The van der Waals surface area contributed by atoms with Crippen LogP contribution in [0.4, 0.5) is 0 Å². The van der Waals surface area contributed by atoms with Gasteiger partial charge in [0.05, 0.1) is 0 Å². The normalized spacial score (nSPS) is 16.8. The fourth-order valence-electron chi connectivity index (χ4n) is 4.11. The van der Waals surface area contributed by atoms with E-state index in [1.54, 1.807) is 0 Å². The molecule has 0 radical (unpaired) electrons. The quantitative estimate of drug-likeness (QED) is 0.611. The highest BCUT2D eigenvalue weighted by molar-refractivity contribution is 5.79. The number of amides is 1. The van der Waals surface area contributed by atoms with Gasteiger partial charge in [0.15, 0.2) is 0 Å². The Labute approximate surface area is 148 Å². The van der Waals surface area contributed by atoms with Gasteiger partial charge in [-0.25, -0.2) is 0 Å². The molecule has 2 rings (SSSR count). The molecule has 134 valence electrons. The molecular formula is C22H35NO. The van der Waals surface area contributed by atoms with Crippen LogP contribution in [0.3, 0.4) is 0 Å². The van der Waals surface area contributed by atoms with Gasteiger partial charge in [0.2, 0.25) is 5.91 Å². The molecule has 1 aromatic carbocycles. The highest BCUT2D eigenvalue weighted by Crippen LogP contribution is 2.28. The lowest BCUT2D eigenvalue weighted by molar-refractivity contribution is -0.136. The van der Waals surface area contributed by atoms with Gasteiger partial charge in [0, 0.05) is 19.0 Å². The number of hydrogen-bond acceptors (Lipinski definition) is 1. The molecule has 0 saturated heterocycles. The molecule has 24 heavy (non-hydrogen) atoms.